The number of benzene rings is 1. The summed E-state index contributed by atoms with van der Waals surface area (Å²) in [6.45, 7) is 5.68. The first kappa shape index (κ1) is 14.9. The molecule has 0 fully saturated rings. The first-order chi connectivity index (χ1) is 10.7. The van der Waals surface area contributed by atoms with E-state index in [1.165, 1.54) is 0 Å². The topological polar surface area (TPSA) is 77.0 Å². The van der Waals surface area contributed by atoms with Crippen LogP contribution in [0.5, 0.6) is 0 Å². The van der Waals surface area contributed by atoms with Crippen LogP contribution in [0, 0.1) is 5.92 Å². The highest BCUT2D eigenvalue weighted by Gasteiger charge is 2.17. The van der Waals surface area contributed by atoms with Crippen molar-refractivity contribution in [3.63, 3.8) is 0 Å². The summed E-state index contributed by atoms with van der Waals surface area (Å²) in [5.74, 6) is 1.39. The van der Waals surface area contributed by atoms with Crippen LogP contribution in [-0.4, -0.2) is 26.2 Å². The first-order valence-electron chi connectivity index (χ1n) is 7.73. The Morgan fingerprint density at radius 1 is 1.23 bits per heavy atom. The highest BCUT2D eigenvalue weighted by Crippen LogP contribution is 2.28. The van der Waals surface area contributed by atoms with E-state index >= 15 is 0 Å². The van der Waals surface area contributed by atoms with E-state index in [9.17, 15) is 5.11 Å². The van der Waals surface area contributed by atoms with Crippen molar-refractivity contribution in [2.24, 2.45) is 11.7 Å². The van der Waals surface area contributed by atoms with Gasteiger partial charge in [-0.15, -0.1) is 0 Å². The molecule has 116 valence electrons. The smallest absolute Gasteiger partial charge is 0.112 e. The van der Waals surface area contributed by atoms with E-state index in [0.29, 0.717) is 18.9 Å². The zero-order valence-corrected chi connectivity index (χ0v) is 13.1. The molecule has 0 atom stereocenters. The van der Waals surface area contributed by atoms with Gasteiger partial charge in [-0.1, -0.05) is 32.0 Å². The summed E-state index contributed by atoms with van der Waals surface area (Å²) in [7, 11) is 0. The van der Waals surface area contributed by atoms with Gasteiger partial charge >= 0.3 is 0 Å². The SMILES string of the molecule is CC(C)Cn1c(CCO)nc2c(CN)nc3ccccc3c21. The molecule has 0 bridgehead atoms. The van der Waals surface area contributed by atoms with Gasteiger partial charge in [0.25, 0.3) is 0 Å². The molecule has 3 rings (SSSR count). The summed E-state index contributed by atoms with van der Waals surface area (Å²) in [4.78, 5) is 9.39. The van der Waals surface area contributed by atoms with Gasteiger partial charge in [-0.25, -0.2) is 9.97 Å². The maximum Gasteiger partial charge on any atom is 0.112 e. The monoisotopic (exact) mass is 298 g/mol. The Labute approximate surface area is 129 Å². The number of aliphatic hydroxyl groups is 1. The van der Waals surface area contributed by atoms with Crippen molar-refractivity contribution in [3.8, 4) is 0 Å². The zero-order valence-electron chi connectivity index (χ0n) is 13.1. The lowest BCUT2D eigenvalue weighted by atomic mass is 10.1. The molecule has 0 spiro atoms. The number of fused-ring (bicyclic) bond motifs is 3. The molecule has 0 radical (unpaired) electrons. The van der Waals surface area contributed by atoms with E-state index in [4.69, 9.17) is 10.7 Å². The van der Waals surface area contributed by atoms with Gasteiger partial charge in [0.05, 0.1) is 23.3 Å². The van der Waals surface area contributed by atoms with Crippen LogP contribution in [0.1, 0.15) is 25.4 Å². The number of nitrogens with two attached hydrogens (primary N) is 1. The number of pyridine rings is 1. The second-order valence-corrected chi connectivity index (χ2v) is 5.98. The zero-order chi connectivity index (χ0) is 15.7. The van der Waals surface area contributed by atoms with E-state index in [1.807, 2.05) is 18.2 Å². The molecule has 0 saturated carbocycles. The molecule has 1 aromatic carbocycles. The van der Waals surface area contributed by atoms with Crippen molar-refractivity contribution in [1.29, 1.82) is 0 Å². The number of aliphatic hydroxyl groups excluding tert-OH is 1. The number of para-hydroxylation sites is 1. The van der Waals surface area contributed by atoms with E-state index in [1.54, 1.807) is 0 Å². The lowest BCUT2D eigenvalue weighted by Crippen LogP contribution is -2.10. The maximum absolute atomic E-state index is 9.35. The molecule has 0 saturated heterocycles. The van der Waals surface area contributed by atoms with Gasteiger partial charge in [0, 0.05) is 24.9 Å². The van der Waals surface area contributed by atoms with Gasteiger partial charge in [-0.05, 0) is 12.0 Å². The number of hydrogen-bond acceptors (Lipinski definition) is 4. The Hall–Kier alpha value is -1.98. The minimum Gasteiger partial charge on any atom is -0.396 e. The Morgan fingerprint density at radius 2 is 2.00 bits per heavy atom. The molecule has 5 heteroatoms. The fourth-order valence-corrected chi connectivity index (χ4v) is 2.94. The van der Waals surface area contributed by atoms with E-state index in [2.05, 4.69) is 29.5 Å². The Balaban J connectivity index is 2.40. The number of aromatic nitrogens is 3. The highest BCUT2D eigenvalue weighted by molar-refractivity contribution is 6.03. The van der Waals surface area contributed by atoms with Crippen LogP contribution < -0.4 is 5.73 Å². The summed E-state index contributed by atoms with van der Waals surface area (Å²) in [5.41, 5.74) is 9.59. The second-order valence-electron chi connectivity index (χ2n) is 5.98. The molecule has 3 aromatic rings. The third-order valence-corrected chi connectivity index (χ3v) is 3.81. The number of rotatable bonds is 5. The number of hydrogen-bond donors (Lipinski definition) is 2. The van der Waals surface area contributed by atoms with Crippen LogP contribution in [0.4, 0.5) is 0 Å². The summed E-state index contributed by atoms with van der Waals surface area (Å²) >= 11 is 0. The Morgan fingerprint density at radius 3 is 2.68 bits per heavy atom. The van der Waals surface area contributed by atoms with Gasteiger partial charge in [-0.3, -0.25) is 0 Å². The molecule has 0 aliphatic rings. The summed E-state index contributed by atoms with van der Waals surface area (Å²) in [6, 6.07) is 8.09. The minimum atomic E-state index is 0.0880. The second kappa shape index (κ2) is 6.02. The van der Waals surface area contributed by atoms with Gasteiger partial charge in [0.2, 0.25) is 0 Å². The lowest BCUT2D eigenvalue weighted by molar-refractivity contribution is 0.294. The summed E-state index contributed by atoms with van der Waals surface area (Å²) < 4.78 is 2.22. The predicted molar refractivity (Wildman–Crippen MR) is 88.6 cm³/mol. The third kappa shape index (κ3) is 2.46. The highest BCUT2D eigenvalue weighted by atomic mass is 16.3. The van der Waals surface area contributed by atoms with Crippen LogP contribution in [-0.2, 0) is 19.5 Å². The fraction of sp³-hybridized carbons (Fsp3) is 0.412. The summed E-state index contributed by atoms with van der Waals surface area (Å²) in [5, 5.41) is 10.4. The molecule has 0 amide bonds. The standard InChI is InChI=1S/C17H22N4O/c1-11(2)10-21-15(7-8-22)20-16-14(9-18)19-13-6-4-3-5-12(13)17(16)21/h3-6,11,22H,7-10,18H2,1-2H3. The molecule has 2 heterocycles. The molecule has 3 N–H and O–H groups in total. The van der Waals surface area contributed by atoms with Crippen LogP contribution >= 0.6 is 0 Å². The van der Waals surface area contributed by atoms with Gasteiger partial charge in [-0.2, -0.15) is 0 Å². The first-order valence-corrected chi connectivity index (χ1v) is 7.73. The van der Waals surface area contributed by atoms with Crippen LogP contribution in [0.3, 0.4) is 0 Å². The maximum atomic E-state index is 9.35. The molecular weight excluding hydrogens is 276 g/mol. The van der Waals surface area contributed by atoms with E-state index in [-0.39, 0.29) is 6.61 Å². The average molecular weight is 298 g/mol. The fourth-order valence-electron chi connectivity index (χ4n) is 2.94. The van der Waals surface area contributed by atoms with Crippen LogP contribution in [0.2, 0.25) is 0 Å². The molecule has 5 nitrogen and oxygen atoms in total. The predicted octanol–water partition coefficient (Wildman–Crippen LogP) is 2.23. The van der Waals surface area contributed by atoms with Crippen LogP contribution in [0.15, 0.2) is 24.3 Å². The largest absolute Gasteiger partial charge is 0.396 e. The number of nitrogens with zero attached hydrogens (tertiary/aromatic N) is 3. The van der Waals surface area contributed by atoms with Crippen molar-refractivity contribution < 1.29 is 5.11 Å². The van der Waals surface area contributed by atoms with Crippen LogP contribution in [0.25, 0.3) is 21.9 Å². The number of imidazole rings is 1. The molecule has 0 aliphatic heterocycles. The lowest BCUT2D eigenvalue weighted by Gasteiger charge is -2.13. The van der Waals surface area contributed by atoms with E-state index < -0.39 is 0 Å². The van der Waals surface area contributed by atoms with Gasteiger partial charge in [0.15, 0.2) is 0 Å². The third-order valence-electron chi connectivity index (χ3n) is 3.81. The Bertz CT molecular complexity index is 807. The van der Waals surface area contributed by atoms with Crippen molar-refractivity contribution in [3.05, 3.63) is 35.8 Å². The van der Waals surface area contributed by atoms with Crippen molar-refractivity contribution in [2.75, 3.05) is 6.61 Å². The average Bonchev–Trinajstić information content (AvgIpc) is 2.85. The Kier molecular flexibility index (Phi) is 4.09. The van der Waals surface area contributed by atoms with Gasteiger partial charge in [0.1, 0.15) is 11.3 Å². The van der Waals surface area contributed by atoms with Gasteiger partial charge < -0.3 is 15.4 Å². The van der Waals surface area contributed by atoms with Crippen molar-refractivity contribution in [1.82, 2.24) is 14.5 Å². The molecular formula is C17H22N4O. The summed E-state index contributed by atoms with van der Waals surface area (Å²) in [6.07, 6.45) is 0.541. The molecule has 0 aliphatic carbocycles. The van der Waals surface area contributed by atoms with E-state index in [0.717, 1.165) is 40.0 Å². The van der Waals surface area contributed by atoms with Crippen molar-refractivity contribution in [2.45, 2.75) is 33.4 Å². The molecule has 0 unspecified atom stereocenters. The van der Waals surface area contributed by atoms with Crippen molar-refractivity contribution >= 4 is 21.9 Å². The normalized spacial score (nSPS) is 11.9. The molecule has 2 aromatic heterocycles. The molecule has 22 heavy (non-hydrogen) atoms. The minimum absolute atomic E-state index is 0.0880. The quantitative estimate of drug-likeness (QED) is 0.757.